The standard InChI is InChI=1S/C16H13N3O3/c20-15(21)10-3-1-4-11(9-10)18-16(22)19-14-6-2-5-13-12(14)7-8-17-13/h1-9,17H,(H,20,21)(H2,18,19,22). The minimum Gasteiger partial charge on any atom is -0.478 e. The van der Waals surface area contributed by atoms with Crippen molar-refractivity contribution in [2.75, 3.05) is 10.6 Å². The minimum absolute atomic E-state index is 0.116. The van der Waals surface area contributed by atoms with Gasteiger partial charge in [-0.05, 0) is 36.4 Å². The van der Waals surface area contributed by atoms with E-state index in [1.165, 1.54) is 12.1 Å². The van der Waals surface area contributed by atoms with Gasteiger partial charge in [-0.2, -0.15) is 0 Å². The van der Waals surface area contributed by atoms with Gasteiger partial charge in [0.1, 0.15) is 0 Å². The normalized spacial score (nSPS) is 10.4. The molecule has 0 atom stereocenters. The molecule has 0 unspecified atom stereocenters. The predicted molar refractivity (Wildman–Crippen MR) is 84.3 cm³/mol. The predicted octanol–water partition coefficient (Wildman–Crippen LogP) is 3.51. The summed E-state index contributed by atoms with van der Waals surface area (Å²) in [5, 5.41) is 15.2. The van der Waals surface area contributed by atoms with Crippen LogP contribution >= 0.6 is 0 Å². The van der Waals surface area contributed by atoms with E-state index >= 15 is 0 Å². The van der Waals surface area contributed by atoms with Gasteiger partial charge in [0.2, 0.25) is 0 Å². The summed E-state index contributed by atoms with van der Waals surface area (Å²) in [6.07, 6.45) is 1.80. The van der Waals surface area contributed by atoms with Crippen LogP contribution in [0.25, 0.3) is 10.9 Å². The molecule has 3 rings (SSSR count). The number of nitrogens with one attached hydrogen (secondary N) is 3. The third kappa shape index (κ3) is 2.76. The molecule has 22 heavy (non-hydrogen) atoms. The topological polar surface area (TPSA) is 94.2 Å². The smallest absolute Gasteiger partial charge is 0.335 e. The minimum atomic E-state index is -1.04. The van der Waals surface area contributed by atoms with Gasteiger partial charge in [-0.3, -0.25) is 0 Å². The van der Waals surface area contributed by atoms with E-state index in [2.05, 4.69) is 15.6 Å². The highest BCUT2D eigenvalue weighted by molar-refractivity contribution is 6.06. The van der Waals surface area contributed by atoms with E-state index in [0.29, 0.717) is 11.4 Å². The Balaban J connectivity index is 1.76. The third-order valence-electron chi connectivity index (χ3n) is 3.21. The van der Waals surface area contributed by atoms with Crippen molar-refractivity contribution in [3.05, 3.63) is 60.3 Å². The molecule has 0 aliphatic carbocycles. The number of fused-ring (bicyclic) bond motifs is 1. The van der Waals surface area contributed by atoms with Gasteiger partial charge in [0.05, 0.1) is 11.3 Å². The molecule has 0 saturated heterocycles. The maximum Gasteiger partial charge on any atom is 0.335 e. The van der Waals surface area contributed by atoms with Gasteiger partial charge < -0.3 is 20.7 Å². The lowest BCUT2D eigenvalue weighted by Gasteiger charge is -2.09. The molecule has 2 amide bonds. The first kappa shape index (κ1) is 13.7. The van der Waals surface area contributed by atoms with Crippen molar-refractivity contribution in [1.29, 1.82) is 0 Å². The van der Waals surface area contributed by atoms with Gasteiger partial charge in [-0.25, -0.2) is 9.59 Å². The van der Waals surface area contributed by atoms with Gasteiger partial charge in [0.15, 0.2) is 0 Å². The third-order valence-corrected chi connectivity index (χ3v) is 3.21. The van der Waals surface area contributed by atoms with Crippen molar-refractivity contribution in [2.45, 2.75) is 0 Å². The number of carboxylic acids is 1. The maximum atomic E-state index is 12.0. The second-order valence-electron chi connectivity index (χ2n) is 4.71. The summed E-state index contributed by atoms with van der Waals surface area (Å²) in [7, 11) is 0. The lowest BCUT2D eigenvalue weighted by atomic mass is 10.2. The summed E-state index contributed by atoms with van der Waals surface area (Å²) in [5.41, 5.74) is 2.13. The second kappa shape index (κ2) is 5.61. The number of aromatic nitrogens is 1. The number of carboxylic acid groups (broad SMARTS) is 1. The Bertz CT molecular complexity index is 854. The summed E-state index contributed by atoms with van der Waals surface area (Å²) < 4.78 is 0. The van der Waals surface area contributed by atoms with Crippen LogP contribution < -0.4 is 10.6 Å². The van der Waals surface area contributed by atoms with E-state index in [9.17, 15) is 9.59 Å². The fourth-order valence-electron chi connectivity index (χ4n) is 2.21. The highest BCUT2D eigenvalue weighted by atomic mass is 16.4. The largest absolute Gasteiger partial charge is 0.478 e. The maximum absolute atomic E-state index is 12.0. The number of rotatable bonds is 3. The second-order valence-corrected chi connectivity index (χ2v) is 4.71. The van der Waals surface area contributed by atoms with Crippen LogP contribution in [0.2, 0.25) is 0 Å². The highest BCUT2D eigenvalue weighted by Gasteiger charge is 2.08. The summed E-state index contributed by atoms with van der Waals surface area (Å²) >= 11 is 0. The molecule has 0 aliphatic rings. The van der Waals surface area contributed by atoms with E-state index in [0.717, 1.165) is 10.9 Å². The summed E-state index contributed by atoms with van der Waals surface area (Å²) in [6, 6.07) is 13.0. The number of carbonyl (C=O) groups excluding carboxylic acids is 1. The van der Waals surface area contributed by atoms with Crippen molar-refractivity contribution in [3.63, 3.8) is 0 Å². The van der Waals surface area contributed by atoms with Crippen LogP contribution in [0.4, 0.5) is 16.2 Å². The fourth-order valence-corrected chi connectivity index (χ4v) is 2.21. The number of hydrogen-bond donors (Lipinski definition) is 4. The van der Waals surface area contributed by atoms with Crippen LogP contribution in [0, 0.1) is 0 Å². The lowest BCUT2D eigenvalue weighted by Crippen LogP contribution is -2.19. The molecule has 3 aromatic rings. The van der Waals surface area contributed by atoms with Crippen molar-refractivity contribution >= 4 is 34.3 Å². The Labute approximate surface area is 125 Å². The Morgan fingerprint density at radius 2 is 1.82 bits per heavy atom. The summed E-state index contributed by atoms with van der Waals surface area (Å²) in [4.78, 5) is 26.0. The van der Waals surface area contributed by atoms with Crippen LogP contribution in [-0.2, 0) is 0 Å². The monoisotopic (exact) mass is 295 g/mol. The number of benzene rings is 2. The van der Waals surface area contributed by atoms with Crippen LogP contribution in [0.3, 0.4) is 0 Å². The Morgan fingerprint density at radius 1 is 1.00 bits per heavy atom. The first-order valence-electron chi connectivity index (χ1n) is 6.61. The number of aromatic carboxylic acids is 1. The number of hydrogen-bond acceptors (Lipinski definition) is 2. The zero-order chi connectivity index (χ0) is 15.5. The van der Waals surface area contributed by atoms with E-state index in [1.807, 2.05) is 18.2 Å². The van der Waals surface area contributed by atoms with Crippen molar-refractivity contribution < 1.29 is 14.7 Å². The van der Waals surface area contributed by atoms with Crippen molar-refractivity contribution in [2.24, 2.45) is 0 Å². The van der Waals surface area contributed by atoms with E-state index in [4.69, 9.17) is 5.11 Å². The van der Waals surface area contributed by atoms with E-state index < -0.39 is 12.0 Å². The Morgan fingerprint density at radius 3 is 2.64 bits per heavy atom. The molecule has 1 aromatic heterocycles. The average molecular weight is 295 g/mol. The molecule has 0 radical (unpaired) electrons. The number of amides is 2. The molecular weight excluding hydrogens is 282 g/mol. The molecule has 2 aromatic carbocycles. The van der Waals surface area contributed by atoms with Gasteiger partial charge in [0, 0.05) is 22.8 Å². The summed E-state index contributed by atoms with van der Waals surface area (Å²) in [5.74, 6) is -1.04. The van der Waals surface area contributed by atoms with Gasteiger partial charge in [0.25, 0.3) is 0 Å². The average Bonchev–Trinajstić information content (AvgIpc) is 2.97. The number of carbonyl (C=O) groups is 2. The number of anilines is 2. The first-order chi connectivity index (χ1) is 10.6. The van der Waals surface area contributed by atoms with Crippen molar-refractivity contribution in [1.82, 2.24) is 4.98 Å². The van der Waals surface area contributed by atoms with Crippen LogP contribution in [0.1, 0.15) is 10.4 Å². The molecule has 1 heterocycles. The molecule has 6 heteroatoms. The first-order valence-corrected chi connectivity index (χ1v) is 6.61. The Hall–Kier alpha value is -3.28. The molecule has 0 bridgehead atoms. The molecule has 0 aliphatic heterocycles. The van der Waals surface area contributed by atoms with Gasteiger partial charge in [-0.15, -0.1) is 0 Å². The van der Waals surface area contributed by atoms with Gasteiger partial charge >= 0.3 is 12.0 Å². The SMILES string of the molecule is O=C(Nc1cccc(C(=O)O)c1)Nc1cccc2[nH]ccc12. The Kier molecular flexibility index (Phi) is 3.49. The van der Waals surface area contributed by atoms with E-state index in [1.54, 1.807) is 24.4 Å². The quantitative estimate of drug-likeness (QED) is 0.595. The summed E-state index contributed by atoms with van der Waals surface area (Å²) in [6.45, 7) is 0. The van der Waals surface area contributed by atoms with E-state index in [-0.39, 0.29) is 5.56 Å². The molecule has 0 saturated carbocycles. The molecule has 6 nitrogen and oxygen atoms in total. The number of aromatic amines is 1. The fraction of sp³-hybridized carbons (Fsp3) is 0. The van der Waals surface area contributed by atoms with Crippen molar-refractivity contribution in [3.8, 4) is 0 Å². The van der Waals surface area contributed by atoms with Crippen LogP contribution in [-0.4, -0.2) is 22.1 Å². The van der Waals surface area contributed by atoms with Crippen LogP contribution in [0.5, 0.6) is 0 Å². The molecular formula is C16H13N3O3. The highest BCUT2D eigenvalue weighted by Crippen LogP contribution is 2.22. The number of urea groups is 1. The zero-order valence-corrected chi connectivity index (χ0v) is 11.5. The molecule has 4 N–H and O–H groups in total. The molecule has 0 fully saturated rings. The molecule has 110 valence electrons. The molecule has 0 spiro atoms. The lowest BCUT2D eigenvalue weighted by molar-refractivity contribution is 0.0697. The van der Waals surface area contributed by atoms with Crippen LogP contribution in [0.15, 0.2) is 54.7 Å². The zero-order valence-electron chi connectivity index (χ0n) is 11.5. The van der Waals surface area contributed by atoms with Gasteiger partial charge in [-0.1, -0.05) is 12.1 Å². The number of H-pyrrole nitrogens is 1.